The van der Waals surface area contributed by atoms with Gasteiger partial charge in [-0.3, -0.25) is 14.4 Å². The quantitative estimate of drug-likeness (QED) is 0.265. The SMILES string of the molecule is CC(C)C[C@H](NC(=O)[C@@H](N)Cc1ccc(O)cc1)C(=O)N[C@@H](CCC(N)=O)C(=O)O. The van der Waals surface area contributed by atoms with Crippen molar-refractivity contribution in [2.24, 2.45) is 17.4 Å². The van der Waals surface area contributed by atoms with Gasteiger partial charge in [-0.25, -0.2) is 4.79 Å². The van der Waals surface area contributed by atoms with Gasteiger partial charge >= 0.3 is 5.97 Å². The smallest absolute Gasteiger partial charge is 0.326 e. The Hall–Kier alpha value is -3.14. The number of carboxylic acids is 1. The van der Waals surface area contributed by atoms with Gasteiger partial charge in [0.1, 0.15) is 17.8 Å². The van der Waals surface area contributed by atoms with Crippen LogP contribution in [-0.4, -0.2) is 52.0 Å². The van der Waals surface area contributed by atoms with E-state index in [0.29, 0.717) is 0 Å². The standard InChI is InChI=1S/C20H30N4O6/c1-11(2)9-16(19(28)23-15(20(29)30)7-8-17(22)26)24-18(27)14(21)10-12-3-5-13(25)6-4-12/h3-6,11,14-16,25H,7-10,21H2,1-2H3,(H2,22,26)(H,23,28)(H,24,27)(H,29,30)/t14-,15-,16-/m0/s1. The molecular formula is C20H30N4O6. The molecular weight excluding hydrogens is 392 g/mol. The van der Waals surface area contributed by atoms with Crippen molar-refractivity contribution in [3.05, 3.63) is 29.8 Å². The van der Waals surface area contributed by atoms with Crippen molar-refractivity contribution in [1.82, 2.24) is 10.6 Å². The van der Waals surface area contributed by atoms with E-state index < -0.39 is 41.8 Å². The number of nitrogens with one attached hydrogen (secondary N) is 2. The number of aliphatic carboxylic acids is 1. The molecule has 0 heterocycles. The Morgan fingerprint density at radius 3 is 2.07 bits per heavy atom. The number of hydrogen-bond donors (Lipinski definition) is 6. The van der Waals surface area contributed by atoms with E-state index in [1.54, 1.807) is 12.1 Å². The van der Waals surface area contributed by atoms with Crippen molar-refractivity contribution in [3.63, 3.8) is 0 Å². The lowest BCUT2D eigenvalue weighted by Gasteiger charge is -2.24. The zero-order chi connectivity index (χ0) is 22.8. The van der Waals surface area contributed by atoms with E-state index in [-0.39, 0.29) is 37.4 Å². The highest BCUT2D eigenvalue weighted by Gasteiger charge is 2.28. The minimum absolute atomic E-state index is 0.0308. The molecule has 166 valence electrons. The van der Waals surface area contributed by atoms with Gasteiger partial charge in [-0.1, -0.05) is 26.0 Å². The summed E-state index contributed by atoms with van der Waals surface area (Å²) in [6.45, 7) is 3.70. The van der Waals surface area contributed by atoms with Gasteiger partial charge in [0.05, 0.1) is 6.04 Å². The average molecular weight is 422 g/mol. The second-order valence-corrected chi connectivity index (χ2v) is 7.57. The molecule has 0 fully saturated rings. The Labute approximate surface area is 175 Å². The third-order valence-electron chi connectivity index (χ3n) is 4.36. The number of primary amides is 1. The molecule has 0 aromatic heterocycles. The molecule has 0 aliphatic carbocycles. The van der Waals surface area contributed by atoms with E-state index in [4.69, 9.17) is 11.5 Å². The maximum Gasteiger partial charge on any atom is 0.326 e. The maximum atomic E-state index is 12.6. The van der Waals surface area contributed by atoms with Crippen LogP contribution in [0.4, 0.5) is 0 Å². The summed E-state index contributed by atoms with van der Waals surface area (Å²) in [5.74, 6) is -3.09. The van der Waals surface area contributed by atoms with E-state index in [9.17, 15) is 29.4 Å². The molecule has 0 saturated carbocycles. The summed E-state index contributed by atoms with van der Waals surface area (Å²) in [5, 5.41) is 23.5. The van der Waals surface area contributed by atoms with Crippen LogP contribution in [0.25, 0.3) is 0 Å². The number of benzene rings is 1. The zero-order valence-electron chi connectivity index (χ0n) is 17.1. The van der Waals surface area contributed by atoms with Crippen LogP contribution in [0.5, 0.6) is 5.75 Å². The van der Waals surface area contributed by atoms with E-state index >= 15 is 0 Å². The lowest BCUT2D eigenvalue weighted by Crippen LogP contribution is -2.55. The highest BCUT2D eigenvalue weighted by atomic mass is 16.4. The lowest BCUT2D eigenvalue weighted by molar-refractivity contribution is -0.142. The van der Waals surface area contributed by atoms with Crippen LogP contribution in [0.3, 0.4) is 0 Å². The summed E-state index contributed by atoms with van der Waals surface area (Å²) >= 11 is 0. The summed E-state index contributed by atoms with van der Waals surface area (Å²) in [6, 6.07) is 3.00. The first-order valence-corrected chi connectivity index (χ1v) is 9.65. The molecule has 30 heavy (non-hydrogen) atoms. The van der Waals surface area contributed by atoms with Gasteiger partial charge in [0.25, 0.3) is 0 Å². The number of phenolic OH excluding ortho intramolecular Hbond substituents is 1. The number of carbonyl (C=O) groups is 4. The van der Waals surface area contributed by atoms with Crippen molar-refractivity contribution >= 4 is 23.7 Å². The van der Waals surface area contributed by atoms with Crippen molar-refractivity contribution < 1.29 is 29.4 Å². The number of aromatic hydroxyl groups is 1. The van der Waals surface area contributed by atoms with Crippen LogP contribution in [0.15, 0.2) is 24.3 Å². The summed E-state index contributed by atoms with van der Waals surface area (Å²) in [7, 11) is 0. The second kappa shape index (κ2) is 11.8. The maximum absolute atomic E-state index is 12.6. The number of amides is 3. The summed E-state index contributed by atoms with van der Waals surface area (Å²) < 4.78 is 0. The molecule has 10 nitrogen and oxygen atoms in total. The Morgan fingerprint density at radius 2 is 1.57 bits per heavy atom. The number of carbonyl (C=O) groups excluding carboxylic acids is 3. The fraction of sp³-hybridized carbons (Fsp3) is 0.500. The van der Waals surface area contributed by atoms with Crippen molar-refractivity contribution in [3.8, 4) is 5.75 Å². The minimum Gasteiger partial charge on any atom is -0.508 e. The molecule has 8 N–H and O–H groups in total. The van der Waals surface area contributed by atoms with E-state index in [1.165, 1.54) is 12.1 Å². The number of rotatable bonds is 12. The van der Waals surface area contributed by atoms with Gasteiger partial charge in [0, 0.05) is 6.42 Å². The second-order valence-electron chi connectivity index (χ2n) is 7.57. The first-order valence-electron chi connectivity index (χ1n) is 9.65. The van der Waals surface area contributed by atoms with Crippen molar-refractivity contribution in [1.29, 1.82) is 0 Å². The van der Waals surface area contributed by atoms with Crippen molar-refractivity contribution in [2.75, 3.05) is 0 Å². The molecule has 3 atom stereocenters. The molecule has 1 aromatic carbocycles. The Kier molecular flexibility index (Phi) is 9.76. The van der Waals surface area contributed by atoms with Gasteiger partial charge in [0.2, 0.25) is 17.7 Å². The first kappa shape index (κ1) is 24.9. The lowest BCUT2D eigenvalue weighted by atomic mass is 10.0. The number of nitrogens with two attached hydrogens (primary N) is 2. The molecule has 1 rings (SSSR count). The topological polar surface area (TPSA) is 185 Å². The highest BCUT2D eigenvalue weighted by molar-refractivity contribution is 5.92. The fourth-order valence-electron chi connectivity index (χ4n) is 2.78. The number of phenols is 1. The molecule has 0 spiro atoms. The number of carboxylic acid groups (broad SMARTS) is 1. The van der Waals surface area contributed by atoms with Crippen LogP contribution in [0.1, 0.15) is 38.7 Å². The van der Waals surface area contributed by atoms with Crippen LogP contribution in [-0.2, 0) is 25.6 Å². The largest absolute Gasteiger partial charge is 0.508 e. The molecule has 0 radical (unpaired) electrons. The molecule has 10 heteroatoms. The summed E-state index contributed by atoms with van der Waals surface area (Å²) in [6.07, 6.45) is 0.110. The average Bonchev–Trinajstić information content (AvgIpc) is 2.65. The third-order valence-corrected chi connectivity index (χ3v) is 4.36. The van der Waals surface area contributed by atoms with Crippen LogP contribution in [0, 0.1) is 5.92 Å². The summed E-state index contributed by atoms with van der Waals surface area (Å²) in [4.78, 5) is 47.4. The zero-order valence-corrected chi connectivity index (χ0v) is 17.1. The normalized spacial score (nSPS) is 13.9. The fourth-order valence-corrected chi connectivity index (χ4v) is 2.78. The molecule has 0 saturated heterocycles. The van der Waals surface area contributed by atoms with Gasteiger partial charge in [-0.2, -0.15) is 0 Å². The molecule has 3 amide bonds. The molecule has 0 aliphatic rings. The first-order chi connectivity index (χ1) is 14.0. The Bertz CT molecular complexity index is 750. The minimum atomic E-state index is -1.30. The van der Waals surface area contributed by atoms with Crippen LogP contribution < -0.4 is 22.1 Å². The molecule has 0 bridgehead atoms. The molecule has 1 aromatic rings. The molecule has 0 unspecified atom stereocenters. The highest BCUT2D eigenvalue weighted by Crippen LogP contribution is 2.12. The van der Waals surface area contributed by atoms with Crippen LogP contribution >= 0.6 is 0 Å². The number of hydrogen-bond acceptors (Lipinski definition) is 6. The van der Waals surface area contributed by atoms with Gasteiger partial charge < -0.3 is 32.3 Å². The molecule has 0 aliphatic heterocycles. The predicted molar refractivity (Wildman–Crippen MR) is 109 cm³/mol. The Balaban J connectivity index is 2.79. The summed E-state index contributed by atoms with van der Waals surface area (Å²) in [5.41, 5.74) is 11.7. The van der Waals surface area contributed by atoms with Crippen molar-refractivity contribution in [2.45, 2.75) is 57.7 Å². The predicted octanol–water partition coefficient (Wildman–Crippen LogP) is -0.372. The van der Waals surface area contributed by atoms with E-state index in [1.807, 2.05) is 13.8 Å². The van der Waals surface area contributed by atoms with Gasteiger partial charge in [0.15, 0.2) is 0 Å². The van der Waals surface area contributed by atoms with Crippen LogP contribution in [0.2, 0.25) is 0 Å². The Morgan fingerprint density at radius 1 is 1.00 bits per heavy atom. The van der Waals surface area contributed by atoms with E-state index in [0.717, 1.165) is 5.56 Å². The van der Waals surface area contributed by atoms with Gasteiger partial charge in [-0.05, 0) is 42.9 Å². The van der Waals surface area contributed by atoms with E-state index in [2.05, 4.69) is 10.6 Å². The monoisotopic (exact) mass is 422 g/mol. The third kappa shape index (κ3) is 8.91. The van der Waals surface area contributed by atoms with Gasteiger partial charge in [-0.15, -0.1) is 0 Å².